The molecule has 14 heteroatoms. The topological polar surface area (TPSA) is 145 Å². The Hall–Kier alpha value is -4.49. The Morgan fingerprint density at radius 1 is 1.14 bits per heavy atom. The van der Waals surface area contributed by atoms with Crippen molar-refractivity contribution >= 4 is 23.3 Å². The number of alkyl halides is 2. The van der Waals surface area contributed by atoms with Gasteiger partial charge >= 0.3 is 5.82 Å². The Labute approximate surface area is 246 Å². The first-order chi connectivity index (χ1) is 20.5. The van der Waals surface area contributed by atoms with Crippen LogP contribution in [0.1, 0.15) is 60.4 Å². The highest BCUT2D eigenvalue weighted by molar-refractivity contribution is 6.00. The maximum atomic E-state index is 13.7. The van der Waals surface area contributed by atoms with Crippen LogP contribution >= 0.6 is 0 Å². The van der Waals surface area contributed by atoms with E-state index in [0.29, 0.717) is 33.3 Å². The van der Waals surface area contributed by atoms with E-state index in [-0.39, 0.29) is 40.5 Å². The first-order valence-corrected chi connectivity index (χ1v) is 14.6. The number of hydrogen-bond acceptors (Lipinski definition) is 7. The molecule has 3 aliphatic rings. The van der Waals surface area contributed by atoms with Crippen molar-refractivity contribution in [1.29, 1.82) is 0 Å². The normalized spacial score (nSPS) is 23.0. The molecular weight excluding hydrogens is 562 g/mol. The van der Waals surface area contributed by atoms with E-state index in [1.54, 1.807) is 23.0 Å². The zero-order valence-corrected chi connectivity index (χ0v) is 23.9. The van der Waals surface area contributed by atoms with E-state index in [1.807, 2.05) is 6.92 Å². The van der Waals surface area contributed by atoms with Crippen LogP contribution in [-0.2, 0) is 6.54 Å². The van der Waals surface area contributed by atoms with Crippen LogP contribution < -0.4 is 25.4 Å². The Bertz CT molecular complexity index is 1550. The molecule has 2 amide bonds. The van der Waals surface area contributed by atoms with Crippen LogP contribution in [0.3, 0.4) is 0 Å². The lowest BCUT2D eigenvalue weighted by atomic mass is 9.78. The number of nitrogens with one attached hydrogen (secondary N) is 3. The van der Waals surface area contributed by atoms with E-state index < -0.39 is 31.1 Å². The summed E-state index contributed by atoms with van der Waals surface area (Å²) in [7, 11) is 0. The Kier molecular flexibility index (Phi) is 7.30. The molecule has 0 bridgehead atoms. The summed E-state index contributed by atoms with van der Waals surface area (Å²) in [4.78, 5) is 27.4. The molecule has 6 rings (SSSR count). The third-order valence-electron chi connectivity index (χ3n) is 8.73. The molecule has 1 aliphatic carbocycles. The van der Waals surface area contributed by atoms with Crippen molar-refractivity contribution in [2.45, 2.75) is 64.2 Å². The molecule has 2 unspecified atom stereocenters. The number of rotatable bonds is 7. The van der Waals surface area contributed by atoms with Crippen molar-refractivity contribution in [3.8, 4) is 11.3 Å². The molecule has 1 saturated heterocycles. The van der Waals surface area contributed by atoms with Gasteiger partial charge in [0.25, 0.3) is 17.7 Å². The van der Waals surface area contributed by atoms with Crippen LogP contribution in [-0.4, -0.2) is 57.7 Å². The van der Waals surface area contributed by atoms with Gasteiger partial charge in [0.05, 0.1) is 30.3 Å². The second-order valence-corrected chi connectivity index (χ2v) is 11.7. The molecule has 43 heavy (non-hydrogen) atoms. The number of pyridine rings is 2. The minimum atomic E-state index is -2.96. The largest absolute Gasteiger partial charge is 0.710 e. The number of halogens is 2. The number of aryl methyl sites for hydroxylation is 1. The molecule has 3 aromatic heterocycles. The third-order valence-corrected chi connectivity index (χ3v) is 8.73. The highest BCUT2D eigenvalue weighted by atomic mass is 19.3. The fraction of sp³-hybridized carbons (Fsp3) is 0.483. The lowest BCUT2D eigenvalue weighted by molar-refractivity contribution is -0.606. The van der Waals surface area contributed by atoms with Crippen molar-refractivity contribution in [3.63, 3.8) is 0 Å². The van der Waals surface area contributed by atoms with Gasteiger partial charge < -0.3 is 25.9 Å². The maximum absolute atomic E-state index is 13.7. The molecule has 2 aliphatic heterocycles. The van der Waals surface area contributed by atoms with Crippen molar-refractivity contribution in [2.75, 3.05) is 23.7 Å². The summed E-state index contributed by atoms with van der Waals surface area (Å²) in [5.74, 6) is -3.01. The highest BCUT2D eigenvalue weighted by Gasteiger charge is 2.47. The summed E-state index contributed by atoms with van der Waals surface area (Å²) < 4.78 is 29.6. The number of nitrogens with zero attached hydrogens (tertiary/aromatic N) is 5. The number of carbonyl (C=O) groups is 2. The van der Waals surface area contributed by atoms with Gasteiger partial charge in [-0.25, -0.2) is 18.8 Å². The number of fused-ring (bicyclic) bond motifs is 1. The van der Waals surface area contributed by atoms with Gasteiger partial charge in [0.1, 0.15) is 17.1 Å². The summed E-state index contributed by atoms with van der Waals surface area (Å²) in [5, 5.41) is 39.9. The van der Waals surface area contributed by atoms with Crippen LogP contribution in [0.25, 0.3) is 11.3 Å². The Morgan fingerprint density at radius 3 is 2.58 bits per heavy atom. The summed E-state index contributed by atoms with van der Waals surface area (Å²) >= 11 is 0. The number of likely N-dealkylation sites (tertiary alicyclic amines) is 1. The minimum absolute atomic E-state index is 0.00783. The second kappa shape index (κ2) is 11.0. The van der Waals surface area contributed by atoms with E-state index in [0.717, 1.165) is 43.0 Å². The summed E-state index contributed by atoms with van der Waals surface area (Å²) in [5.41, 5.74) is 0.948. The van der Waals surface area contributed by atoms with E-state index in [4.69, 9.17) is 0 Å². The summed E-state index contributed by atoms with van der Waals surface area (Å²) in [6, 6.07) is 5.67. The smallest absolute Gasteiger partial charge is 0.303 e. The van der Waals surface area contributed by atoms with Crippen LogP contribution in [0, 0.1) is 22.3 Å². The third kappa shape index (κ3) is 5.41. The fourth-order valence-electron chi connectivity index (χ4n) is 6.34. The van der Waals surface area contributed by atoms with Crippen LogP contribution in [0.4, 0.5) is 20.3 Å². The molecule has 5 heterocycles. The summed E-state index contributed by atoms with van der Waals surface area (Å²) in [6.07, 6.45) is 7.12. The molecular formula is C29H34F2N8O4. The molecule has 0 radical (unpaired) electrons. The van der Waals surface area contributed by atoms with Crippen molar-refractivity contribution in [3.05, 3.63) is 64.5 Å². The zero-order valence-electron chi connectivity index (χ0n) is 23.9. The Morgan fingerprint density at radius 2 is 1.88 bits per heavy atom. The molecule has 228 valence electrons. The van der Waals surface area contributed by atoms with Crippen molar-refractivity contribution in [2.24, 2.45) is 11.8 Å². The standard InChI is InChI=1S/C29H34F2N8O4/c1-3-38-23(10-12-32-38)27(40)34-24(18-6-4-17(2)5-7-18)25-33-21-8-9-22(39(43)26(21)35-25)20-14-37(42)13-11-19(20)28(41)36-15-29(30,31)16-36/h8-14,17-18,24-25,33,35H,3-7,15-16H2,1-2H3,(H,34,40). The molecule has 2 fully saturated rings. The van der Waals surface area contributed by atoms with Gasteiger partial charge in [0.2, 0.25) is 0 Å². The monoisotopic (exact) mass is 596 g/mol. The van der Waals surface area contributed by atoms with Gasteiger partial charge in [0.15, 0.2) is 18.6 Å². The first-order valence-electron chi connectivity index (χ1n) is 14.6. The van der Waals surface area contributed by atoms with Gasteiger partial charge in [-0.3, -0.25) is 14.3 Å². The van der Waals surface area contributed by atoms with Gasteiger partial charge in [-0.05, 0) is 49.8 Å². The number of amides is 2. The quantitative estimate of drug-likeness (QED) is 0.281. The molecule has 3 N–H and O–H groups in total. The van der Waals surface area contributed by atoms with Crippen LogP contribution in [0.2, 0.25) is 0 Å². The average molecular weight is 597 g/mol. The highest BCUT2D eigenvalue weighted by Crippen LogP contribution is 2.37. The molecule has 2 atom stereocenters. The Balaban J connectivity index is 1.29. The first kappa shape index (κ1) is 28.6. The van der Waals surface area contributed by atoms with Gasteiger partial charge in [-0.1, -0.05) is 19.8 Å². The lowest BCUT2D eigenvalue weighted by Crippen LogP contribution is -2.58. The van der Waals surface area contributed by atoms with E-state index in [9.17, 15) is 28.8 Å². The number of hydrogen-bond donors (Lipinski definition) is 3. The van der Waals surface area contributed by atoms with Crippen LogP contribution in [0.15, 0.2) is 42.9 Å². The van der Waals surface area contributed by atoms with E-state index >= 15 is 0 Å². The van der Waals surface area contributed by atoms with E-state index in [1.165, 1.54) is 12.1 Å². The van der Waals surface area contributed by atoms with Crippen molar-refractivity contribution < 1.29 is 27.8 Å². The molecule has 0 aromatic carbocycles. The van der Waals surface area contributed by atoms with E-state index in [2.05, 4.69) is 28.0 Å². The predicted molar refractivity (Wildman–Crippen MR) is 152 cm³/mol. The minimum Gasteiger partial charge on any atom is -0.710 e. The molecule has 0 spiro atoms. The van der Waals surface area contributed by atoms with Gasteiger partial charge in [0, 0.05) is 18.8 Å². The average Bonchev–Trinajstić information content (AvgIpc) is 3.63. The molecule has 1 saturated carbocycles. The number of aromatic nitrogens is 4. The zero-order chi connectivity index (χ0) is 30.5. The molecule has 12 nitrogen and oxygen atoms in total. The van der Waals surface area contributed by atoms with Gasteiger partial charge in [-0.2, -0.15) is 9.83 Å². The second-order valence-electron chi connectivity index (χ2n) is 11.7. The van der Waals surface area contributed by atoms with Crippen LogP contribution in [0.5, 0.6) is 0 Å². The molecule has 3 aromatic rings. The fourth-order valence-corrected chi connectivity index (χ4v) is 6.34. The van der Waals surface area contributed by atoms with Crippen molar-refractivity contribution in [1.82, 2.24) is 20.0 Å². The number of carbonyl (C=O) groups excluding carboxylic acids is 2. The van der Waals surface area contributed by atoms with Gasteiger partial charge in [-0.15, -0.1) is 0 Å². The lowest BCUT2D eigenvalue weighted by Gasteiger charge is -2.38. The number of anilines is 2. The summed E-state index contributed by atoms with van der Waals surface area (Å²) in [6.45, 7) is 3.22. The maximum Gasteiger partial charge on any atom is 0.303 e. The SMILES string of the molecule is CCn1nccc1C(=O)NC(C1CCC(C)CC1)C1Nc2ccc(-c3c[n+]([O-])ccc3C(=O)N3CC(F)(F)C3)[n+]([O-])c2N1. The predicted octanol–water partition coefficient (Wildman–Crippen LogP) is 2.72.